The highest BCUT2D eigenvalue weighted by Gasteiger charge is 1.96. The Kier molecular flexibility index (Phi) is 2.28. The summed E-state index contributed by atoms with van der Waals surface area (Å²) in [7, 11) is 0. The maximum absolute atomic E-state index is 4.17. The topological polar surface area (TPSA) is 17.8 Å². The van der Waals surface area contributed by atoms with Crippen LogP contribution in [0.5, 0.6) is 0 Å². The van der Waals surface area contributed by atoms with Crippen LogP contribution in [0.1, 0.15) is 4.88 Å². The lowest BCUT2D eigenvalue weighted by atomic mass is 10.5. The summed E-state index contributed by atoms with van der Waals surface area (Å²) < 4.78 is 2.94. The van der Waals surface area contributed by atoms with Crippen LogP contribution in [0, 0.1) is 0 Å². The molecule has 2 aromatic heterocycles. The van der Waals surface area contributed by atoms with E-state index >= 15 is 0 Å². The first-order valence-corrected chi connectivity index (χ1v) is 5.22. The predicted molar refractivity (Wildman–Crippen MR) is 53.3 cm³/mol. The largest absolute Gasteiger partial charge is 0.266 e. The van der Waals surface area contributed by atoms with Crippen molar-refractivity contribution < 1.29 is 0 Å². The molecule has 0 aromatic carbocycles. The molecule has 2 rings (SSSR count). The number of thiophene rings is 1. The average molecular weight is 243 g/mol. The lowest BCUT2D eigenvalue weighted by Gasteiger charge is -1.95. The Balaban J connectivity index is 2.14. The maximum Gasteiger partial charge on any atom is 0.0752 e. The van der Waals surface area contributed by atoms with E-state index in [-0.39, 0.29) is 0 Å². The van der Waals surface area contributed by atoms with Crippen molar-refractivity contribution >= 4 is 27.3 Å². The summed E-state index contributed by atoms with van der Waals surface area (Å²) in [5.41, 5.74) is 0. The molecule has 12 heavy (non-hydrogen) atoms. The Bertz CT molecular complexity index is 353. The van der Waals surface area contributed by atoms with Gasteiger partial charge in [0.2, 0.25) is 0 Å². The molecule has 0 fully saturated rings. The van der Waals surface area contributed by atoms with Crippen molar-refractivity contribution in [2.24, 2.45) is 0 Å². The van der Waals surface area contributed by atoms with E-state index < -0.39 is 0 Å². The third-order valence-corrected chi connectivity index (χ3v) is 2.77. The second-order valence-electron chi connectivity index (χ2n) is 2.44. The monoisotopic (exact) mass is 242 g/mol. The molecule has 0 saturated carbocycles. The van der Waals surface area contributed by atoms with Gasteiger partial charge in [-0.25, -0.2) is 0 Å². The van der Waals surface area contributed by atoms with Gasteiger partial charge in [0.15, 0.2) is 0 Å². The van der Waals surface area contributed by atoms with Gasteiger partial charge in [-0.1, -0.05) is 6.07 Å². The van der Waals surface area contributed by atoms with Crippen molar-refractivity contribution in [3.05, 3.63) is 39.3 Å². The van der Waals surface area contributed by atoms with Gasteiger partial charge in [-0.05, 0) is 27.4 Å². The molecule has 0 N–H and O–H groups in total. The van der Waals surface area contributed by atoms with Crippen LogP contribution in [0.15, 0.2) is 34.4 Å². The molecule has 2 heterocycles. The number of nitrogens with zero attached hydrogens (tertiary/aromatic N) is 2. The lowest BCUT2D eigenvalue weighted by Crippen LogP contribution is -1.96. The van der Waals surface area contributed by atoms with Gasteiger partial charge >= 0.3 is 0 Å². The molecule has 0 saturated heterocycles. The van der Waals surface area contributed by atoms with E-state index in [2.05, 4.69) is 38.5 Å². The van der Waals surface area contributed by atoms with E-state index in [1.54, 1.807) is 17.5 Å². The van der Waals surface area contributed by atoms with E-state index in [0.717, 1.165) is 11.0 Å². The minimum absolute atomic E-state index is 0.864. The second kappa shape index (κ2) is 3.41. The summed E-state index contributed by atoms with van der Waals surface area (Å²) >= 11 is 5.11. The van der Waals surface area contributed by atoms with Crippen LogP contribution in [0.25, 0.3) is 0 Å². The molecule has 0 bridgehead atoms. The molecular weight excluding hydrogens is 236 g/mol. The van der Waals surface area contributed by atoms with Crippen LogP contribution in [0.3, 0.4) is 0 Å². The number of halogens is 1. The van der Waals surface area contributed by atoms with E-state index in [0.29, 0.717) is 0 Å². The maximum atomic E-state index is 4.17. The van der Waals surface area contributed by atoms with Gasteiger partial charge in [-0.3, -0.25) is 4.68 Å². The standard InChI is InChI=1S/C8H7BrN2S/c9-7-4-10-11(5-7)6-8-2-1-3-12-8/h1-5H,6H2. The van der Waals surface area contributed by atoms with E-state index in [9.17, 15) is 0 Å². The first-order chi connectivity index (χ1) is 5.84. The molecule has 2 nitrogen and oxygen atoms in total. The summed E-state index contributed by atoms with van der Waals surface area (Å²) in [6.45, 7) is 0.864. The van der Waals surface area contributed by atoms with Crippen LogP contribution < -0.4 is 0 Å². The minimum atomic E-state index is 0.864. The van der Waals surface area contributed by atoms with E-state index in [1.165, 1.54) is 4.88 Å². The normalized spacial score (nSPS) is 10.4. The van der Waals surface area contributed by atoms with Crippen molar-refractivity contribution in [2.75, 3.05) is 0 Å². The third-order valence-electron chi connectivity index (χ3n) is 1.50. The van der Waals surface area contributed by atoms with Gasteiger partial charge < -0.3 is 0 Å². The Labute approximate surface area is 83.0 Å². The fourth-order valence-corrected chi connectivity index (χ4v) is 2.01. The first-order valence-electron chi connectivity index (χ1n) is 3.55. The second-order valence-corrected chi connectivity index (χ2v) is 4.38. The molecule has 62 valence electrons. The molecule has 0 spiro atoms. The molecule has 2 aromatic rings. The number of aromatic nitrogens is 2. The van der Waals surface area contributed by atoms with Gasteiger partial charge in [0.05, 0.1) is 17.2 Å². The zero-order chi connectivity index (χ0) is 8.39. The van der Waals surface area contributed by atoms with Crippen LogP contribution in [-0.4, -0.2) is 9.78 Å². The highest BCUT2D eigenvalue weighted by molar-refractivity contribution is 9.10. The van der Waals surface area contributed by atoms with Crippen molar-refractivity contribution in [2.45, 2.75) is 6.54 Å². The number of hydrogen-bond acceptors (Lipinski definition) is 2. The summed E-state index contributed by atoms with van der Waals surface area (Å²) in [4.78, 5) is 1.32. The summed E-state index contributed by atoms with van der Waals surface area (Å²) in [6.07, 6.45) is 3.77. The molecule has 4 heteroatoms. The van der Waals surface area contributed by atoms with Gasteiger partial charge in [-0.15, -0.1) is 11.3 Å². The Hall–Kier alpha value is -0.610. The third kappa shape index (κ3) is 1.76. The summed E-state index contributed by atoms with van der Waals surface area (Å²) in [6, 6.07) is 4.17. The quantitative estimate of drug-likeness (QED) is 0.792. The van der Waals surface area contributed by atoms with Gasteiger partial charge in [0.1, 0.15) is 0 Å². The molecule has 0 atom stereocenters. The number of hydrogen-bond donors (Lipinski definition) is 0. The van der Waals surface area contributed by atoms with Crippen molar-refractivity contribution in [3.8, 4) is 0 Å². The van der Waals surface area contributed by atoms with E-state index in [1.807, 2.05) is 10.9 Å². The molecule has 0 radical (unpaired) electrons. The SMILES string of the molecule is Brc1cnn(Cc2cccs2)c1. The molecule has 0 amide bonds. The Morgan fingerprint density at radius 2 is 2.50 bits per heavy atom. The highest BCUT2D eigenvalue weighted by Crippen LogP contribution is 2.12. The molecule has 0 aliphatic rings. The lowest BCUT2D eigenvalue weighted by molar-refractivity contribution is 0.694. The van der Waals surface area contributed by atoms with Gasteiger partial charge in [0.25, 0.3) is 0 Å². The number of rotatable bonds is 2. The van der Waals surface area contributed by atoms with Crippen LogP contribution >= 0.6 is 27.3 Å². The van der Waals surface area contributed by atoms with Crippen molar-refractivity contribution in [1.29, 1.82) is 0 Å². The van der Waals surface area contributed by atoms with Gasteiger partial charge in [0, 0.05) is 11.1 Å². The Morgan fingerprint density at radius 1 is 1.58 bits per heavy atom. The summed E-state index contributed by atoms with van der Waals surface area (Å²) in [5.74, 6) is 0. The van der Waals surface area contributed by atoms with Crippen molar-refractivity contribution in [1.82, 2.24) is 9.78 Å². The molecule has 0 aliphatic heterocycles. The van der Waals surface area contributed by atoms with Crippen molar-refractivity contribution in [3.63, 3.8) is 0 Å². The molecule has 0 unspecified atom stereocenters. The minimum Gasteiger partial charge on any atom is -0.266 e. The smallest absolute Gasteiger partial charge is 0.0752 e. The fraction of sp³-hybridized carbons (Fsp3) is 0.125. The van der Waals surface area contributed by atoms with Gasteiger partial charge in [-0.2, -0.15) is 5.10 Å². The van der Waals surface area contributed by atoms with Crippen LogP contribution in [0.2, 0.25) is 0 Å². The molecular formula is C8H7BrN2S. The van der Waals surface area contributed by atoms with Crippen LogP contribution in [-0.2, 0) is 6.54 Å². The summed E-state index contributed by atoms with van der Waals surface area (Å²) in [5, 5.41) is 6.24. The molecule has 0 aliphatic carbocycles. The Morgan fingerprint density at radius 3 is 3.08 bits per heavy atom. The average Bonchev–Trinajstić information content (AvgIpc) is 2.63. The highest BCUT2D eigenvalue weighted by atomic mass is 79.9. The predicted octanol–water partition coefficient (Wildman–Crippen LogP) is 2.76. The first kappa shape index (κ1) is 8.01. The van der Waals surface area contributed by atoms with E-state index in [4.69, 9.17) is 0 Å². The fourth-order valence-electron chi connectivity index (χ4n) is 0.987. The van der Waals surface area contributed by atoms with Crippen LogP contribution in [0.4, 0.5) is 0 Å². The zero-order valence-electron chi connectivity index (χ0n) is 6.27. The zero-order valence-corrected chi connectivity index (χ0v) is 8.68.